The summed E-state index contributed by atoms with van der Waals surface area (Å²) < 4.78 is 11.7. The normalized spacial score (nSPS) is 14.3. The second kappa shape index (κ2) is 3.56. The van der Waals surface area contributed by atoms with Crippen LogP contribution in [0.1, 0.15) is 11.1 Å². The smallest absolute Gasteiger partial charge is 0.0501 e. The fourth-order valence-electron chi connectivity index (χ4n) is 2.40. The first-order valence-electron chi connectivity index (χ1n) is 5.31. The molecule has 1 nitrogen and oxygen atoms in total. The molecule has 0 saturated heterocycles. The van der Waals surface area contributed by atoms with E-state index in [9.17, 15) is 4.21 Å². The first-order chi connectivity index (χ1) is 7.77. The van der Waals surface area contributed by atoms with Crippen molar-refractivity contribution in [3.8, 4) is 11.1 Å². The van der Waals surface area contributed by atoms with Crippen LogP contribution in [0.4, 0.5) is 0 Å². The van der Waals surface area contributed by atoms with E-state index in [1.807, 2.05) is 12.1 Å². The Kier molecular flexibility index (Phi) is 2.18. The van der Waals surface area contributed by atoms with Crippen molar-refractivity contribution in [1.82, 2.24) is 0 Å². The van der Waals surface area contributed by atoms with E-state index in [2.05, 4.69) is 30.3 Å². The minimum Gasteiger partial charge on any atom is -0.255 e. The standard InChI is InChI=1S/C14H12OS/c1-16(15)14-8-4-7-12-11-6-3-2-5-10(11)9-13(12)14/h2-8H,9H2,1H3. The first-order valence-corrected chi connectivity index (χ1v) is 6.87. The van der Waals surface area contributed by atoms with Crippen LogP contribution in [0.5, 0.6) is 0 Å². The van der Waals surface area contributed by atoms with Gasteiger partial charge >= 0.3 is 0 Å². The summed E-state index contributed by atoms with van der Waals surface area (Å²) in [5.41, 5.74) is 5.13. The second-order valence-electron chi connectivity index (χ2n) is 4.07. The molecule has 0 amide bonds. The molecule has 1 atom stereocenters. The molecule has 0 heterocycles. The van der Waals surface area contributed by atoms with Crippen LogP contribution in [0, 0.1) is 0 Å². The van der Waals surface area contributed by atoms with Gasteiger partial charge in [0.2, 0.25) is 0 Å². The van der Waals surface area contributed by atoms with Gasteiger partial charge in [-0.15, -0.1) is 0 Å². The largest absolute Gasteiger partial charge is 0.255 e. The van der Waals surface area contributed by atoms with Crippen LogP contribution < -0.4 is 0 Å². The molecule has 0 aliphatic heterocycles. The van der Waals surface area contributed by atoms with Gasteiger partial charge in [0, 0.05) is 11.2 Å². The van der Waals surface area contributed by atoms with Gasteiger partial charge in [-0.05, 0) is 34.7 Å². The van der Waals surface area contributed by atoms with E-state index >= 15 is 0 Å². The first kappa shape index (κ1) is 9.79. The molecular weight excluding hydrogens is 216 g/mol. The Bertz CT molecular complexity index is 587. The lowest BCUT2D eigenvalue weighted by molar-refractivity contribution is 0.686. The second-order valence-corrected chi connectivity index (χ2v) is 5.42. The maximum atomic E-state index is 11.7. The van der Waals surface area contributed by atoms with Gasteiger partial charge in [0.15, 0.2) is 0 Å². The van der Waals surface area contributed by atoms with Crippen LogP contribution in [0.15, 0.2) is 47.4 Å². The van der Waals surface area contributed by atoms with Gasteiger partial charge in [-0.1, -0.05) is 36.4 Å². The highest BCUT2D eigenvalue weighted by molar-refractivity contribution is 7.84. The van der Waals surface area contributed by atoms with Crippen molar-refractivity contribution in [2.24, 2.45) is 0 Å². The zero-order valence-electron chi connectivity index (χ0n) is 9.07. The van der Waals surface area contributed by atoms with Crippen molar-refractivity contribution in [1.29, 1.82) is 0 Å². The Labute approximate surface area is 97.6 Å². The van der Waals surface area contributed by atoms with Crippen molar-refractivity contribution >= 4 is 10.8 Å². The summed E-state index contributed by atoms with van der Waals surface area (Å²) in [7, 11) is -0.899. The van der Waals surface area contributed by atoms with Gasteiger partial charge in [-0.2, -0.15) is 0 Å². The maximum Gasteiger partial charge on any atom is 0.0501 e. The average molecular weight is 228 g/mol. The van der Waals surface area contributed by atoms with Gasteiger partial charge in [0.1, 0.15) is 0 Å². The molecule has 2 aromatic carbocycles. The Morgan fingerprint density at radius 1 is 1.00 bits per heavy atom. The van der Waals surface area contributed by atoms with Crippen molar-refractivity contribution in [3.63, 3.8) is 0 Å². The number of fused-ring (bicyclic) bond motifs is 3. The highest BCUT2D eigenvalue weighted by atomic mass is 32.2. The number of hydrogen-bond donors (Lipinski definition) is 0. The molecule has 0 fully saturated rings. The molecule has 0 N–H and O–H groups in total. The van der Waals surface area contributed by atoms with Crippen molar-refractivity contribution < 1.29 is 4.21 Å². The van der Waals surface area contributed by atoms with E-state index in [-0.39, 0.29) is 0 Å². The minimum atomic E-state index is -0.899. The lowest BCUT2D eigenvalue weighted by atomic mass is 10.1. The van der Waals surface area contributed by atoms with Crippen molar-refractivity contribution in [2.75, 3.05) is 6.26 Å². The zero-order valence-corrected chi connectivity index (χ0v) is 9.88. The molecule has 0 aromatic heterocycles. The van der Waals surface area contributed by atoms with Crippen LogP contribution in [0.3, 0.4) is 0 Å². The Balaban J connectivity index is 2.28. The molecule has 1 aliphatic rings. The molecule has 16 heavy (non-hydrogen) atoms. The molecule has 80 valence electrons. The van der Waals surface area contributed by atoms with Crippen LogP contribution >= 0.6 is 0 Å². The number of benzene rings is 2. The topological polar surface area (TPSA) is 17.1 Å². The SMILES string of the molecule is CS(=O)c1cccc2c1Cc1ccccc1-2. The maximum absolute atomic E-state index is 11.7. The predicted octanol–water partition coefficient (Wildman–Crippen LogP) is 3.00. The molecule has 0 saturated carbocycles. The summed E-state index contributed by atoms with van der Waals surface area (Å²) in [5, 5.41) is 0. The predicted molar refractivity (Wildman–Crippen MR) is 67.0 cm³/mol. The van der Waals surface area contributed by atoms with E-state index in [1.54, 1.807) is 6.26 Å². The summed E-state index contributed by atoms with van der Waals surface area (Å²) in [4.78, 5) is 0.980. The highest BCUT2D eigenvalue weighted by Gasteiger charge is 2.21. The van der Waals surface area contributed by atoms with Gasteiger partial charge in [-0.3, -0.25) is 4.21 Å². The minimum absolute atomic E-state index is 0.899. The molecule has 0 radical (unpaired) electrons. The Morgan fingerprint density at radius 2 is 1.75 bits per heavy atom. The molecule has 1 unspecified atom stereocenters. The summed E-state index contributed by atoms with van der Waals surface area (Å²) >= 11 is 0. The summed E-state index contributed by atoms with van der Waals surface area (Å²) in [5.74, 6) is 0. The summed E-state index contributed by atoms with van der Waals surface area (Å²) in [6, 6.07) is 14.5. The third-order valence-electron chi connectivity index (χ3n) is 3.12. The molecule has 1 aliphatic carbocycles. The molecule has 0 spiro atoms. The summed E-state index contributed by atoms with van der Waals surface area (Å²) in [6.07, 6.45) is 2.67. The molecule has 2 aromatic rings. The third kappa shape index (κ3) is 1.34. The van der Waals surface area contributed by atoms with Crippen LogP contribution in [-0.4, -0.2) is 10.5 Å². The monoisotopic (exact) mass is 228 g/mol. The molecule has 0 bridgehead atoms. The fraction of sp³-hybridized carbons (Fsp3) is 0.143. The quantitative estimate of drug-likeness (QED) is 0.625. The molecule has 3 rings (SSSR count). The van der Waals surface area contributed by atoms with Crippen molar-refractivity contribution in [3.05, 3.63) is 53.6 Å². The van der Waals surface area contributed by atoms with E-state index in [4.69, 9.17) is 0 Å². The van der Waals surface area contributed by atoms with Gasteiger partial charge in [-0.25, -0.2) is 0 Å². The van der Waals surface area contributed by atoms with E-state index < -0.39 is 10.8 Å². The average Bonchev–Trinajstić information content (AvgIpc) is 2.67. The lowest BCUT2D eigenvalue weighted by Gasteiger charge is -2.04. The van der Waals surface area contributed by atoms with E-state index in [0.717, 1.165) is 11.3 Å². The Morgan fingerprint density at radius 3 is 2.56 bits per heavy atom. The summed E-state index contributed by atoms with van der Waals surface area (Å²) in [6.45, 7) is 0. The van der Waals surface area contributed by atoms with Crippen molar-refractivity contribution in [2.45, 2.75) is 11.3 Å². The zero-order chi connectivity index (χ0) is 11.1. The van der Waals surface area contributed by atoms with E-state index in [0.29, 0.717) is 0 Å². The Hall–Kier alpha value is -1.41. The van der Waals surface area contributed by atoms with Crippen LogP contribution in [-0.2, 0) is 17.2 Å². The van der Waals surface area contributed by atoms with Crippen LogP contribution in [0.2, 0.25) is 0 Å². The van der Waals surface area contributed by atoms with E-state index in [1.165, 1.54) is 22.3 Å². The molecule has 2 heteroatoms. The van der Waals surface area contributed by atoms with Gasteiger partial charge < -0.3 is 0 Å². The number of rotatable bonds is 1. The molecular formula is C14H12OS. The highest BCUT2D eigenvalue weighted by Crippen LogP contribution is 2.38. The number of hydrogen-bond acceptors (Lipinski definition) is 1. The van der Waals surface area contributed by atoms with Crippen LogP contribution in [0.25, 0.3) is 11.1 Å². The lowest BCUT2D eigenvalue weighted by Crippen LogP contribution is -1.94. The van der Waals surface area contributed by atoms with Gasteiger partial charge in [0.25, 0.3) is 0 Å². The fourth-order valence-corrected chi connectivity index (χ4v) is 3.20. The van der Waals surface area contributed by atoms with Gasteiger partial charge in [0.05, 0.1) is 10.8 Å². The third-order valence-corrected chi connectivity index (χ3v) is 4.12.